The topological polar surface area (TPSA) is 87.6 Å². The van der Waals surface area contributed by atoms with Gasteiger partial charge in [0, 0.05) is 19.0 Å². The summed E-state index contributed by atoms with van der Waals surface area (Å²) in [6.07, 6.45) is -0.407. The summed E-state index contributed by atoms with van der Waals surface area (Å²) in [6.45, 7) is 15.1. The third kappa shape index (κ3) is 9.08. The Hall–Kier alpha value is -1.83. The minimum absolute atomic E-state index is 0.0780. The van der Waals surface area contributed by atoms with Gasteiger partial charge in [-0.15, -0.1) is 11.3 Å². The molecule has 27 heavy (non-hydrogen) atoms. The van der Waals surface area contributed by atoms with Crippen LogP contribution in [0.2, 0.25) is 0 Å². The second-order valence-corrected chi connectivity index (χ2v) is 9.07. The van der Waals surface area contributed by atoms with Crippen LogP contribution in [0, 0.1) is 5.92 Å². The molecule has 154 valence electrons. The summed E-state index contributed by atoms with van der Waals surface area (Å²) in [7, 11) is 1.72. The first kappa shape index (κ1) is 23.2. The smallest absolute Gasteiger partial charge is 0.407 e. The maximum absolute atomic E-state index is 12.0. The van der Waals surface area contributed by atoms with Gasteiger partial charge in [-0.05, 0) is 32.6 Å². The van der Waals surface area contributed by atoms with Crippen molar-refractivity contribution in [1.82, 2.24) is 20.9 Å². The lowest BCUT2D eigenvalue weighted by atomic mass is 10.0. The van der Waals surface area contributed by atoms with Gasteiger partial charge in [0.15, 0.2) is 5.96 Å². The summed E-state index contributed by atoms with van der Waals surface area (Å²) in [5.41, 5.74) is 0.598. The molecule has 0 saturated carbocycles. The number of carbonyl (C=O) groups excluding carboxylic acids is 1. The highest BCUT2D eigenvalue weighted by molar-refractivity contribution is 7.09. The summed E-state index contributed by atoms with van der Waals surface area (Å²) >= 11 is 1.64. The van der Waals surface area contributed by atoms with Gasteiger partial charge in [-0.2, -0.15) is 0 Å². The van der Waals surface area contributed by atoms with Gasteiger partial charge in [0.25, 0.3) is 0 Å². The molecule has 3 N–H and O–H groups in total. The van der Waals surface area contributed by atoms with Gasteiger partial charge in [0.2, 0.25) is 0 Å². The van der Waals surface area contributed by atoms with Crippen molar-refractivity contribution in [3.05, 3.63) is 16.1 Å². The summed E-state index contributed by atoms with van der Waals surface area (Å²) in [4.78, 5) is 20.9. The van der Waals surface area contributed by atoms with Crippen LogP contribution < -0.4 is 16.0 Å². The SMILES string of the molecule is CN=C(NCc1nc(C(C)C)cs1)NCC(NC(=O)OC(C)(C)C)C(C)C. The molecule has 1 amide bonds. The van der Waals surface area contributed by atoms with Crippen LogP contribution in [0.15, 0.2) is 10.4 Å². The Morgan fingerprint density at radius 1 is 1.26 bits per heavy atom. The van der Waals surface area contributed by atoms with Crippen molar-refractivity contribution in [2.75, 3.05) is 13.6 Å². The van der Waals surface area contributed by atoms with Gasteiger partial charge in [-0.3, -0.25) is 4.99 Å². The average molecular weight is 398 g/mol. The van der Waals surface area contributed by atoms with Crippen molar-refractivity contribution in [3.63, 3.8) is 0 Å². The Balaban J connectivity index is 2.53. The minimum atomic E-state index is -0.515. The third-order valence-electron chi connectivity index (χ3n) is 3.79. The van der Waals surface area contributed by atoms with Crippen molar-refractivity contribution < 1.29 is 9.53 Å². The van der Waals surface area contributed by atoms with E-state index in [1.165, 1.54) is 0 Å². The van der Waals surface area contributed by atoms with Crippen LogP contribution in [0.4, 0.5) is 4.79 Å². The molecule has 1 aromatic heterocycles. The number of hydrogen-bond donors (Lipinski definition) is 3. The number of guanidine groups is 1. The monoisotopic (exact) mass is 397 g/mol. The van der Waals surface area contributed by atoms with E-state index in [1.54, 1.807) is 18.4 Å². The van der Waals surface area contributed by atoms with E-state index in [9.17, 15) is 4.79 Å². The number of nitrogens with zero attached hydrogens (tertiary/aromatic N) is 2. The molecule has 0 fully saturated rings. The van der Waals surface area contributed by atoms with E-state index in [1.807, 2.05) is 20.8 Å². The fourth-order valence-corrected chi connectivity index (χ4v) is 3.07. The van der Waals surface area contributed by atoms with Gasteiger partial charge in [0.05, 0.1) is 18.3 Å². The molecular formula is C19H35N5O2S. The fourth-order valence-electron chi connectivity index (χ4n) is 2.17. The molecule has 0 radical (unpaired) electrons. The number of carbonyl (C=O) groups is 1. The van der Waals surface area contributed by atoms with E-state index < -0.39 is 11.7 Å². The number of hydrogen-bond acceptors (Lipinski definition) is 5. The number of nitrogens with one attached hydrogen (secondary N) is 3. The number of aromatic nitrogens is 1. The highest BCUT2D eigenvalue weighted by Crippen LogP contribution is 2.17. The second-order valence-electron chi connectivity index (χ2n) is 8.12. The third-order valence-corrected chi connectivity index (χ3v) is 4.66. The van der Waals surface area contributed by atoms with E-state index in [2.05, 4.69) is 59.0 Å². The highest BCUT2D eigenvalue weighted by atomic mass is 32.1. The predicted octanol–water partition coefficient (Wildman–Crippen LogP) is 3.48. The van der Waals surface area contributed by atoms with E-state index in [0.717, 1.165) is 10.7 Å². The van der Waals surface area contributed by atoms with Gasteiger partial charge in [-0.1, -0.05) is 27.7 Å². The zero-order valence-electron chi connectivity index (χ0n) is 17.8. The fraction of sp³-hybridized carbons (Fsp3) is 0.737. The zero-order chi connectivity index (χ0) is 20.6. The summed E-state index contributed by atoms with van der Waals surface area (Å²) < 4.78 is 5.35. The Morgan fingerprint density at radius 3 is 2.41 bits per heavy atom. The van der Waals surface area contributed by atoms with Crippen molar-refractivity contribution in [3.8, 4) is 0 Å². The molecule has 1 heterocycles. The minimum Gasteiger partial charge on any atom is -0.444 e. The largest absolute Gasteiger partial charge is 0.444 e. The lowest BCUT2D eigenvalue weighted by Crippen LogP contribution is -2.50. The lowest BCUT2D eigenvalue weighted by molar-refractivity contribution is 0.0491. The number of thiazole rings is 1. The number of ether oxygens (including phenoxy) is 1. The Morgan fingerprint density at radius 2 is 1.93 bits per heavy atom. The Bertz CT molecular complexity index is 620. The summed E-state index contributed by atoms with van der Waals surface area (Å²) in [5, 5.41) is 12.6. The van der Waals surface area contributed by atoms with E-state index in [4.69, 9.17) is 4.74 Å². The van der Waals surface area contributed by atoms with Crippen LogP contribution in [0.5, 0.6) is 0 Å². The maximum atomic E-state index is 12.0. The molecule has 1 aromatic rings. The molecule has 1 atom stereocenters. The predicted molar refractivity (Wildman–Crippen MR) is 112 cm³/mol. The zero-order valence-corrected chi connectivity index (χ0v) is 18.7. The molecule has 0 aromatic carbocycles. The van der Waals surface area contributed by atoms with Gasteiger partial charge < -0.3 is 20.7 Å². The van der Waals surface area contributed by atoms with Crippen LogP contribution in [0.3, 0.4) is 0 Å². The normalized spacial score (nSPS) is 13.6. The molecule has 0 aliphatic rings. The molecule has 1 unspecified atom stereocenters. The molecule has 8 heteroatoms. The first-order valence-corrected chi connectivity index (χ1v) is 10.3. The van der Waals surface area contributed by atoms with Gasteiger partial charge >= 0.3 is 6.09 Å². The number of rotatable bonds is 7. The Kier molecular flexibility index (Phi) is 9.02. The lowest BCUT2D eigenvalue weighted by Gasteiger charge is -2.26. The molecule has 7 nitrogen and oxygen atoms in total. The molecule has 0 saturated heterocycles. The van der Waals surface area contributed by atoms with Crippen LogP contribution in [0.25, 0.3) is 0 Å². The van der Waals surface area contributed by atoms with Crippen LogP contribution >= 0.6 is 11.3 Å². The molecule has 1 rings (SSSR count). The van der Waals surface area contributed by atoms with Crippen molar-refractivity contribution >= 4 is 23.4 Å². The molecule has 0 aliphatic heterocycles. The quantitative estimate of drug-likeness (QED) is 0.484. The number of amides is 1. The van der Waals surface area contributed by atoms with Crippen LogP contribution in [0.1, 0.15) is 65.1 Å². The maximum Gasteiger partial charge on any atom is 0.407 e. The number of aliphatic imine (C=N–C) groups is 1. The van der Waals surface area contributed by atoms with E-state index in [0.29, 0.717) is 25.0 Å². The average Bonchev–Trinajstić information content (AvgIpc) is 3.01. The standard InChI is InChI=1S/C19H35N5O2S/c1-12(2)14(24-18(25)26-19(5,6)7)9-21-17(20-8)22-10-16-23-15(11-27-16)13(3)4/h11-14H,9-10H2,1-8H3,(H,24,25)(H2,20,21,22). The van der Waals surface area contributed by atoms with E-state index in [-0.39, 0.29) is 12.0 Å². The van der Waals surface area contributed by atoms with E-state index >= 15 is 0 Å². The summed E-state index contributed by atoms with van der Waals surface area (Å²) in [6, 6.07) is -0.0780. The first-order chi connectivity index (χ1) is 12.5. The van der Waals surface area contributed by atoms with Crippen molar-refractivity contribution in [2.24, 2.45) is 10.9 Å². The highest BCUT2D eigenvalue weighted by Gasteiger charge is 2.21. The van der Waals surface area contributed by atoms with Gasteiger partial charge in [0.1, 0.15) is 10.6 Å². The van der Waals surface area contributed by atoms with Gasteiger partial charge in [-0.25, -0.2) is 9.78 Å². The molecular weight excluding hydrogens is 362 g/mol. The first-order valence-electron chi connectivity index (χ1n) is 9.40. The molecule has 0 bridgehead atoms. The molecule has 0 spiro atoms. The summed E-state index contributed by atoms with van der Waals surface area (Å²) in [5.74, 6) is 1.35. The molecule has 0 aliphatic carbocycles. The van der Waals surface area contributed by atoms with Crippen molar-refractivity contribution in [2.45, 2.75) is 72.6 Å². The van der Waals surface area contributed by atoms with Crippen LogP contribution in [-0.4, -0.2) is 42.3 Å². The Labute approximate surface area is 167 Å². The van der Waals surface area contributed by atoms with Crippen LogP contribution in [-0.2, 0) is 11.3 Å². The second kappa shape index (κ2) is 10.5. The number of alkyl carbamates (subject to hydrolysis) is 1. The van der Waals surface area contributed by atoms with Crippen molar-refractivity contribution in [1.29, 1.82) is 0 Å².